The van der Waals surface area contributed by atoms with E-state index in [0.717, 1.165) is 22.1 Å². The molecule has 0 saturated carbocycles. The Morgan fingerprint density at radius 3 is 2.63 bits per heavy atom. The summed E-state index contributed by atoms with van der Waals surface area (Å²) in [6.45, 7) is 5.86. The van der Waals surface area contributed by atoms with Crippen molar-refractivity contribution in [3.63, 3.8) is 0 Å². The Morgan fingerprint density at radius 1 is 1.22 bits per heavy atom. The van der Waals surface area contributed by atoms with E-state index >= 15 is 0 Å². The Hall–Kier alpha value is -2.84. The maximum atomic E-state index is 12.3. The van der Waals surface area contributed by atoms with E-state index in [1.54, 1.807) is 13.2 Å². The lowest BCUT2D eigenvalue weighted by atomic mass is 10.0. The molecule has 5 heteroatoms. The highest BCUT2D eigenvalue weighted by atomic mass is 16.5. The molecule has 1 amide bonds. The number of fused-ring (bicyclic) bond motifs is 1. The van der Waals surface area contributed by atoms with Gasteiger partial charge >= 0.3 is 0 Å². The molecule has 0 unspecified atom stereocenters. The lowest BCUT2D eigenvalue weighted by molar-refractivity contribution is -0.117. The minimum absolute atomic E-state index is 0.0772. The van der Waals surface area contributed by atoms with Crippen molar-refractivity contribution in [2.45, 2.75) is 20.3 Å². The van der Waals surface area contributed by atoms with Crippen LogP contribution in [0.25, 0.3) is 16.8 Å². The highest BCUT2D eigenvalue weighted by molar-refractivity contribution is 6.04. The van der Waals surface area contributed by atoms with E-state index in [9.17, 15) is 10.1 Å². The van der Waals surface area contributed by atoms with Gasteiger partial charge in [-0.3, -0.25) is 4.79 Å². The van der Waals surface area contributed by atoms with Crippen LogP contribution in [0.4, 0.5) is 0 Å². The fraction of sp³-hybridized carbons (Fsp3) is 0.364. The zero-order valence-corrected chi connectivity index (χ0v) is 16.1. The third kappa shape index (κ3) is 5.83. The summed E-state index contributed by atoms with van der Waals surface area (Å²) in [7, 11) is 1.61. The fourth-order valence-electron chi connectivity index (χ4n) is 2.62. The van der Waals surface area contributed by atoms with Gasteiger partial charge in [-0.15, -0.1) is 0 Å². The molecule has 0 atom stereocenters. The minimum Gasteiger partial charge on any atom is -0.493 e. The molecule has 0 aliphatic rings. The van der Waals surface area contributed by atoms with Gasteiger partial charge in [0.1, 0.15) is 17.4 Å². The number of nitriles is 1. The smallest absolute Gasteiger partial charge is 0.261 e. The fourth-order valence-corrected chi connectivity index (χ4v) is 2.62. The van der Waals surface area contributed by atoms with Crippen molar-refractivity contribution in [2.75, 3.05) is 26.9 Å². The van der Waals surface area contributed by atoms with Gasteiger partial charge < -0.3 is 14.8 Å². The standard InChI is InChI=1S/C22H26N2O3/c1-16(2)15-27-21-10-9-17(19-7-4-5-8-20(19)21)13-18(14-23)22(25)24-11-6-12-26-3/h4-5,7-10,13,16H,6,11-12,15H2,1-3H3,(H,24,25)/b18-13-. The second kappa shape index (κ2) is 10.3. The molecule has 1 N–H and O–H groups in total. The van der Waals surface area contributed by atoms with Crippen molar-refractivity contribution >= 4 is 22.8 Å². The van der Waals surface area contributed by atoms with Crippen molar-refractivity contribution in [3.8, 4) is 11.8 Å². The van der Waals surface area contributed by atoms with Gasteiger partial charge in [0, 0.05) is 25.6 Å². The largest absolute Gasteiger partial charge is 0.493 e. The second-order valence-electron chi connectivity index (χ2n) is 6.68. The van der Waals surface area contributed by atoms with Crippen molar-refractivity contribution < 1.29 is 14.3 Å². The lowest BCUT2D eigenvalue weighted by Gasteiger charge is -2.13. The highest BCUT2D eigenvalue weighted by Crippen LogP contribution is 2.30. The molecule has 0 aliphatic carbocycles. The first kappa shape index (κ1) is 20.5. The Balaban J connectivity index is 2.29. The van der Waals surface area contributed by atoms with Crippen LogP contribution in [0, 0.1) is 17.2 Å². The highest BCUT2D eigenvalue weighted by Gasteiger charge is 2.11. The molecule has 0 saturated heterocycles. The van der Waals surface area contributed by atoms with Gasteiger partial charge in [0.05, 0.1) is 6.61 Å². The number of methoxy groups -OCH3 is 1. The first-order chi connectivity index (χ1) is 13.1. The van der Waals surface area contributed by atoms with Crippen LogP contribution in [-0.2, 0) is 9.53 Å². The molecule has 0 radical (unpaired) electrons. The number of nitrogens with one attached hydrogen (secondary N) is 1. The summed E-state index contributed by atoms with van der Waals surface area (Å²) >= 11 is 0. The van der Waals surface area contributed by atoms with Crippen LogP contribution in [0.2, 0.25) is 0 Å². The van der Waals surface area contributed by atoms with Crippen molar-refractivity contribution in [2.24, 2.45) is 5.92 Å². The molecule has 0 aliphatic heterocycles. The third-order valence-corrected chi connectivity index (χ3v) is 3.97. The van der Waals surface area contributed by atoms with Crippen LogP contribution in [0.3, 0.4) is 0 Å². The maximum Gasteiger partial charge on any atom is 0.261 e. The van der Waals surface area contributed by atoms with Gasteiger partial charge in [-0.25, -0.2) is 0 Å². The third-order valence-electron chi connectivity index (χ3n) is 3.97. The van der Waals surface area contributed by atoms with Crippen molar-refractivity contribution in [1.29, 1.82) is 5.26 Å². The Labute approximate surface area is 160 Å². The van der Waals surface area contributed by atoms with E-state index in [1.165, 1.54) is 0 Å². The Morgan fingerprint density at radius 2 is 1.96 bits per heavy atom. The normalized spacial score (nSPS) is 11.4. The van der Waals surface area contributed by atoms with Gasteiger partial charge in [-0.05, 0) is 35.4 Å². The van der Waals surface area contributed by atoms with Gasteiger partial charge in [-0.2, -0.15) is 5.26 Å². The number of hydrogen-bond acceptors (Lipinski definition) is 4. The first-order valence-corrected chi connectivity index (χ1v) is 9.10. The summed E-state index contributed by atoms with van der Waals surface area (Å²) in [6.07, 6.45) is 2.33. The van der Waals surface area contributed by atoms with Gasteiger partial charge in [0.2, 0.25) is 0 Å². The summed E-state index contributed by atoms with van der Waals surface area (Å²) in [5, 5.41) is 14.1. The monoisotopic (exact) mass is 366 g/mol. The van der Waals surface area contributed by atoms with Crippen LogP contribution in [-0.4, -0.2) is 32.8 Å². The van der Waals surface area contributed by atoms with E-state index in [-0.39, 0.29) is 11.5 Å². The van der Waals surface area contributed by atoms with Crippen LogP contribution in [0.5, 0.6) is 5.75 Å². The molecule has 142 valence electrons. The zero-order valence-electron chi connectivity index (χ0n) is 16.1. The predicted octanol–water partition coefficient (Wildman–Crippen LogP) is 3.93. The molecule has 0 aromatic heterocycles. The molecule has 5 nitrogen and oxygen atoms in total. The number of nitrogens with zero attached hydrogens (tertiary/aromatic N) is 1. The number of benzene rings is 2. The number of rotatable bonds is 9. The average molecular weight is 366 g/mol. The van der Waals surface area contributed by atoms with Crippen LogP contribution >= 0.6 is 0 Å². The first-order valence-electron chi connectivity index (χ1n) is 9.10. The number of amides is 1. The van der Waals surface area contributed by atoms with E-state index in [4.69, 9.17) is 9.47 Å². The predicted molar refractivity (Wildman–Crippen MR) is 107 cm³/mol. The summed E-state index contributed by atoms with van der Waals surface area (Å²) in [6, 6.07) is 13.6. The minimum atomic E-state index is -0.377. The van der Waals surface area contributed by atoms with Crippen molar-refractivity contribution in [3.05, 3.63) is 47.5 Å². The molecule has 0 heterocycles. The van der Waals surface area contributed by atoms with E-state index in [2.05, 4.69) is 19.2 Å². The van der Waals surface area contributed by atoms with Gasteiger partial charge in [-0.1, -0.05) is 44.2 Å². The topological polar surface area (TPSA) is 71.3 Å². The van der Waals surface area contributed by atoms with Crippen molar-refractivity contribution in [1.82, 2.24) is 5.32 Å². The summed E-state index contributed by atoms with van der Waals surface area (Å²) in [4.78, 5) is 12.3. The SMILES string of the molecule is COCCCNC(=O)/C(C#N)=C\c1ccc(OCC(C)C)c2ccccc12. The number of carbonyl (C=O) groups excluding carboxylic acids is 1. The van der Waals surface area contributed by atoms with E-state index in [0.29, 0.717) is 32.1 Å². The molecule has 27 heavy (non-hydrogen) atoms. The molecule has 0 bridgehead atoms. The molecule has 0 fully saturated rings. The Bertz CT molecular complexity index is 850. The second-order valence-corrected chi connectivity index (χ2v) is 6.68. The average Bonchev–Trinajstić information content (AvgIpc) is 2.68. The van der Waals surface area contributed by atoms with E-state index < -0.39 is 0 Å². The zero-order chi connectivity index (χ0) is 19.6. The maximum absolute atomic E-state index is 12.3. The molecule has 0 spiro atoms. The summed E-state index contributed by atoms with van der Waals surface area (Å²) in [5.41, 5.74) is 0.888. The molecule has 2 aromatic rings. The van der Waals surface area contributed by atoms with Crippen LogP contribution in [0.1, 0.15) is 25.8 Å². The molecular weight excluding hydrogens is 340 g/mol. The summed E-state index contributed by atoms with van der Waals surface area (Å²) in [5.74, 6) is 0.854. The summed E-state index contributed by atoms with van der Waals surface area (Å²) < 4.78 is 10.9. The lowest BCUT2D eigenvalue weighted by Crippen LogP contribution is -2.26. The molecule has 2 aromatic carbocycles. The van der Waals surface area contributed by atoms with Gasteiger partial charge in [0.25, 0.3) is 5.91 Å². The quantitative estimate of drug-likeness (QED) is 0.415. The van der Waals surface area contributed by atoms with E-state index in [1.807, 2.05) is 42.5 Å². The molecular formula is C22H26N2O3. The van der Waals surface area contributed by atoms with Crippen LogP contribution in [0.15, 0.2) is 42.0 Å². The van der Waals surface area contributed by atoms with Crippen LogP contribution < -0.4 is 10.1 Å². The van der Waals surface area contributed by atoms with Gasteiger partial charge in [0.15, 0.2) is 0 Å². The molecule has 2 rings (SSSR count). The number of hydrogen-bond donors (Lipinski definition) is 1. The number of carbonyl (C=O) groups is 1. The number of ether oxygens (including phenoxy) is 2. The Kier molecular flexibility index (Phi) is 7.84.